The maximum Gasteiger partial charge on any atom is 0.188 e. The molecule has 0 atom stereocenters. The molecular formula is C13H15ClN2S. The molecule has 1 N–H and O–H groups in total. The molecule has 0 aliphatic heterocycles. The Labute approximate surface area is 111 Å². The standard InChI is InChI=1S/C13H15ClN2S/c1-13(2,3)9-4-6-10(7-5-9)15-12-16-11(14)8-17-12/h4-8H,1-3H3,(H,15,16). The van der Waals surface area contributed by atoms with Crippen molar-refractivity contribution in [3.05, 3.63) is 40.4 Å². The molecule has 0 spiro atoms. The Hall–Kier alpha value is -1.06. The van der Waals surface area contributed by atoms with Crippen LogP contribution in [-0.4, -0.2) is 4.98 Å². The number of thiazole rings is 1. The molecule has 0 fully saturated rings. The quantitative estimate of drug-likeness (QED) is 0.841. The van der Waals surface area contributed by atoms with E-state index in [1.165, 1.54) is 16.9 Å². The van der Waals surface area contributed by atoms with Crippen molar-refractivity contribution in [1.29, 1.82) is 0 Å². The van der Waals surface area contributed by atoms with E-state index in [9.17, 15) is 0 Å². The SMILES string of the molecule is CC(C)(C)c1ccc(Nc2nc(Cl)cs2)cc1. The van der Waals surface area contributed by atoms with Gasteiger partial charge in [0.05, 0.1) is 0 Å². The van der Waals surface area contributed by atoms with Gasteiger partial charge in [0, 0.05) is 11.1 Å². The number of halogens is 1. The lowest BCUT2D eigenvalue weighted by atomic mass is 9.87. The maximum atomic E-state index is 5.77. The molecule has 1 aromatic heterocycles. The van der Waals surface area contributed by atoms with Gasteiger partial charge in [-0.3, -0.25) is 0 Å². The van der Waals surface area contributed by atoms with E-state index in [0.717, 1.165) is 10.8 Å². The van der Waals surface area contributed by atoms with E-state index in [1.807, 2.05) is 5.38 Å². The first kappa shape index (κ1) is 12.4. The van der Waals surface area contributed by atoms with Crippen LogP contribution in [0.3, 0.4) is 0 Å². The number of rotatable bonds is 2. The Kier molecular flexibility index (Phi) is 3.40. The highest BCUT2D eigenvalue weighted by atomic mass is 35.5. The summed E-state index contributed by atoms with van der Waals surface area (Å²) < 4.78 is 0. The average Bonchev–Trinajstić information content (AvgIpc) is 2.63. The largest absolute Gasteiger partial charge is 0.332 e. The second-order valence-electron chi connectivity index (χ2n) is 4.93. The highest BCUT2D eigenvalue weighted by Crippen LogP contribution is 2.26. The van der Waals surface area contributed by atoms with Crippen LogP contribution in [-0.2, 0) is 5.41 Å². The first-order chi connectivity index (χ1) is 7.95. The summed E-state index contributed by atoms with van der Waals surface area (Å²) in [6.07, 6.45) is 0. The Morgan fingerprint density at radius 3 is 2.29 bits per heavy atom. The second kappa shape index (κ2) is 4.67. The van der Waals surface area contributed by atoms with Gasteiger partial charge in [0.25, 0.3) is 0 Å². The summed E-state index contributed by atoms with van der Waals surface area (Å²) in [6, 6.07) is 8.40. The van der Waals surface area contributed by atoms with Crippen LogP contribution in [0.5, 0.6) is 0 Å². The van der Waals surface area contributed by atoms with E-state index in [1.54, 1.807) is 0 Å². The Balaban J connectivity index is 2.13. The van der Waals surface area contributed by atoms with E-state index in [0.29, 0.717) is 5.15 Å². The van der Waals surface area contributed by atoms with Gasteiger partial charge in [-0.25, -0.2) is 4.98 Å². The lowest BCUT2D eigenvalue weighted by molar-refractivity contribution is 0.590. The highest BCUT2D eigenvalue weighted by Gasteiger charge is 2.12. The number of anilines is 2. The third-order valence-corrected chi connectivity index (χ3v) is 3.56. The van der Waals surface area contributed by atoms with Crippen molar-refractivity contribution in [2.45, 2.75) is 26.2 Å². The van der Waals surface area contributed by atoms with Crippen LogP contribution in [0.1, 0.15) is 26.3 Å². The van der Waals surface area contributed by atoms with E-state index in [4.69, 9.17) is 11.6 Å². The molecule has 90 valence electrons. The molecule has 1 heterocycles. The van der Waals surface area contributed by atoms with Crippen molar-refractivity contribution >= 4 is 33.8 Å². The molecule has 2 rings (SSSR count). The molecule has 0 radical (unpaired) electrons. The molecule has 1 aromatic carbocycles. The van der Waals surface area contributed by atoms with E-state index in [2.05, 4.69) is 55.3 Å². The molecule has 0 saturated carbocycles. The Morgan fingerprint density at radius 1 is 1.18 bits per heavy atom. The molecule has 17 heavy (non-hydrogen) atoms. The molecule has 0 saturated heterocycles. The van der Waals surface area contributed by atoms with Gasteiger partial charge in [-0.15, -0.1) is 11.3 Å². The van der Waals surface area contributed by atoms with Crippen LogP contribution < -0.4 is 5.32 Å². The molecule has 0 aliphatic carbocycles. The van der Waals surface area contributed by atoms with Gasteiger partial charge in [-0.2, -0.15) is 0 Å². The second-order valence-corrected chi connectivity index (χ2v) is 6.17. The Morgan fingerprint density at radius 2 is 1.82 bits per heavy atom. The van der Waals surface area contributed by atoms with Gasteiger partial charge >= 0.3 is 0 Å². The molecule has 4 heteroatoms. The van der Waals surface area contributed by atoms with Gasteiger partial charge in [-0.05, 0) is 23.1 Å². The van der Waals surface area contributed by atoms with Gasteiger partial charge in [0.15, 0.2) is 5.13 Å². The lowest BCUT2D eigenvalue weighted by Gasteiger charge is -2.19. The van der Waals surface area contributed by atoms with Crippen molar-refractivity contribution in [3.63, 3.8) is 0 Å². The van der Waals surface area contributed by atoms with Crippen molar-refractivity contribution in [3.8, 4) is 0 Å². The first-order valence-corrected chi connectivity index (χ1v) is 6.69. The first-order valence-electron chi connectivity index (χ1n) is 5.44. The average molecular weight is 267 g/mol. The zero-order chi connectivity index (χ0) is 12.5. The smallest absolute Gasteiger partial charge is 0.188 e. The molecule has 0 aliphatic rings. The number of benzene rings is 1. The Bertz CT molecular complexity index is 497. The monoisotopic (exact) mass is 266 g/mol. The predicted octanol–water partition coefficient (Wildman–Crippen LogP) is 4.84. The molecular weight excluding hydrogens is 252 g/mol. The van der Waals surface area contributed by atoms with Crippen LogP contribution in [0, 0.1) is 0 Å². The van der Waals surface area contributed by atoms with E-state index >= 15 is 0 Å². The van der Waals surface area contributed by atoms with Crippen molar-refractivity contribution in [1.82, 2.24) is 4.98 Å². The van der Waals surface area contributed by atoms with Crippen LogP contribution in [0.15, 0.2) is 29.6 Å². The number of hydrogen-bond acceptors (Lipinski definition) is 3. The molecule has 2 nitrogen and oxygen atoms in total. The minimum atomic E-state index is 0.184. The van der Waals surface area contributed by atoms with Gasteiger partial charge in [0.1, 0.15) is 5.15 Å². The number of aromatic nitrogens is 1. The summed E-state index contributed by atoms with van der Waals surface area (Å²) in [5.74, 6) is 0. The number of nitrogens with zero attached hydrogens (tertiary/aromatic N) is 1. The van der Waals surface area contributed by atoms with Crippen molar-refractivity contribution < 1.29 is 0 Å². The zero-order valence-electron chi connectivity index (χ0n) is 10.1. The lowest BCUT2D eigenvalue weighted by Crippen LogP contribution is -2.10. The summed E-state index contributed by atoms with van der Waals surface area (Å²) in [6.45, 7) is 6.61. The number of nitrogens with one attached hydrogen (secondary N) is 1. The minimum Gasteiger partial charge on any atom is -0.332 e. The minimum absolute atomic E-state index is 0.184. The summed E-state index contributed by atoms with van der Waals surface area (Å²) in [5, 5.41) is 6.39. The predicted molar refractivity (Wildman–Crippen MR) is 75.5 cm³/mol. The fourth-order valence-electron chi connectivity index (χ4n) is 1.49. The number of hydrogen-bond donors (Lipinski definition) is 1. The van der Waals surface area contributed by atoms with Gasteiger partial charge in [-0.1, -0.05) is 44.5 Å². The highest BCUT2D eigenvalue weighted by molar-refractivity contribution is 7.14. The van der Waals surface area contributed by atoms with Crippen LogP contribution in [0.25, 0.3) is 0 Å². The summed E-state index contributed by atoms with van der Waals surface area (Å²) in [4.78, 5) is 4.15. The van der Waals surface area contributed by atoms with Crippen LogP contribution >= 0.6 is 22.9 Å². The normalized spacial score (nSPS) is 11.5. The fraction of sp³-hybridized carbons (Fsp3) is 0.308. The van der Waals surface area contributed by atoms with Crippen molar-refractivity contribution in [2.24, 2.45) is 0 Å². The van der Waals surface area contributed by atoms with Gasteiger partial charge < -0.3 is 5.32 Å². The van der Waals surface area contributed by atoms with Gasteiger partial charge in [0.2, 0.25) is 0 Å². The zero-order valence-corrected chi connectivity index (χ0v) is 11.7. The molecule has 0 bridgehead atoms. The van der Waals surface area contributed by atoms with Crippen molar-refractivity contribution in [2.75, 3.05) is 5.32 Å². The topological polar surface area (TPSA) is 24.9 Å². The summed E-state index contributed by atoms with van der Waals surface area (Å²) >= 11 is 7.27. The van der Waals surface area contributed by atoms with Crippen LogP contribution in [0.2, 0.25) is 5.15 Å². The molecule has 2 aromatic rings. The summed E-state index contributed by atoms with van der Waals surface area (Å²) in [5.41, 5.74) is 2.53. The van der Waals surface area contributed by atoms with E-state index < -0.39 is 0 Å². The maximum absolute atomic E-state index is 5.77. The fourth-order valence-corrected chi connectivity index (χ4v) is 2.35. The third kappa shape index (κ3) is 3.20. The third-order valence-electron chi connectivity index (χ3n) is 2.48. The van der Waals surface area contributed by atoms with E-state index in [-0.39, 0.29) is 5.41 Å². The van der Waals surface area contributed by atoms with Crippen LogP contribution in [0.4, 0.5) is 10.8 Å². The summed E-state index contributed by atoms with van der Waals surface area (Å²) in [7, 11) is 0. The molecule has 0 amide bonds. The molecule has 0 unspecified atom stereocenters.